The van der Waals surface area contributed by atoms with Crippen LogP contribution in [0.2, 0.25) is 0 Å². The zero-order valence-corrected chi connectivity index (χ0v) is 17.1. The molecule has 0 aliphatic carbocycles. The minimum atomic E-state index is -3.19. The molecule has 9 heteroatoms. The zero-order chi connectivity index (χ0) is 20.4. The first-order chi connectivity index (χ1) is 13.9. The van der Waals surface area contributed by atoms with Gasteiger partial charge >= 0.3 is 0 Å². The second-order valence-corrected chi connectivity index (χ2v) is 8.87. The van der Waals surface area contributed by atoms with Crippen molar-refractivity contribution in [1.29, 1.82) is 0 Å². The smallest absolute Gasteiger partial charge is 0.246 e. The molecule has 1 aliphatic rings. The standard InChI is InChI=1S/C20H22N4O4S/c1-27-16-8-6-14(7-9-16)20-22-19(28-23-20)12-21-18-5-3-4-15-13-24(29(2,25)26)11-10-17(15)18/h3-9,21H,10-13H2,1-2H3. The molecule has 1 aliphatic heterocycles. The average molecular weight is 414 g/mol. The Kier molecular flexibility index (Phi) is 5.25. The molecule has 0 spiro atoms. The van der Waals surface area contributed by atoms with Crippen LogP contribution in [0.3, 0.4) is 0 Å². The molecule has 0 saturated heterocycles. The summed E-state index contributed by atoms with van der Waals surface area (Å²) in [5.41, 5.74) is 3.94. The number of hydrogen-bond acceptors (Lipinski definition) is 7. The predicted molar refractivity (Wildman–Crippen MR) is 109 cm³/mol. The quantitative estimate of drug-likeness (QED) is 0.662. The van der Waals surface area contributed by atoms with Crippen molar-refractivity contribution in [1.82, 2.24) is 14.4 Å². The maximum absolute atomic E-state index is 11.8. The van der Waals surface area contributed by atoms with Crippen molar-refractivity contribution in [3.05, 3.63) is 59.5 Å². The molecule has 0 saturated carbocycles. The van der Waals surface area contributed by atoms with E-state index < -0.39 is 10.0 Å². The number of nitrogens with zero attached hydrogens (tertiary/aromatic N) is 3. The first-order valence-corrected chi connectivity index (χ1v) is 11.1. The van der Waals surface area contributed by atoms with E-state index in [0.717, 1.165) is 28.1 Å². The van der Waals surface area contributed by atoms with E-state index in [1.807, 2.05) is 42.5 Å². The van der Waals surface area contributed by atoms with E-state index in [-0.39, 0.29) is 0 Å². The highest BCUT2D eigenvalue weighted by Gasteiger charge is 2.24. The van der Waals surface area contributed by atoms with Crippen LogP contribution in [-0.4, -0.2) is 42.8 Å². The highest BCUT2D eigenvalue weighted by Crippen LogP contribution is 2.28. The third-order valence-corrected chi connectivity index (χ3v) is 6.20. The van der Waals surface area contributed by atoms with Crippen LogP contribution in [0.1, 0.15) is 17.0 Å². The molecule has 0 atom stereocenters. The predicted octanol–water partition coefficient (Wildman–Crippen LogP) is 2.68. The molecule has 1 N–H and O–H groups in total. The molecule has 2 aromatic carbocycles. The third-order valence-electron chi connectivity index (χ3n) is 4.95. The summed E-state index contributed by atoms with van der Waals surface area (Å²) in [6.45, 7) is 1.26. The van der Waals surface area contributed by atoms with Crippen LogP contribution in [0.15, 0.2) is 47.0 Å². The molecule has 0 unspecified atom stereocenters. The lowest BCUT2D eigenvalue weighted by Crippen LogP contribution is -2.35. The molecular weight excluding hydrogens is 392 g/mol. The lowest BCUT2D eigenvalue weighted by Gasteiger charge is -2.28. The zero-order valence-electron chi connectivity index (χ0n) is 16.3. The normalized spacial score (nSPS) is 14.4. The number of anilines is 1. The molecule has 152 valence electrons. The summed E-state index contributed by atoms with van der Waals surface area (Å²) in [6.07, 6.45) is 1.91. The number of hydrogen-bond donors (Lipinski definition) is 1. The van der Waals surface area contributed by atoms with Crippen LogP contribution in [-0.2, 0) is 29.5 Å². The van der Waals surface area contributed by atoms with Crippen molar-refractivity contribution in [2.75, 3.05) is 25.2 Å². The third kappa shape index (κ3) is 4.25. The van der Waals surface area contributed by atoms with Gasteiger partial charge in [0.25, 0.3) is 0 Å². The minimum Gasteiger partial charge on any atom is -0.497 e. The Balaban J connectivity index is 1.46. The van der Waals surface area contributed by atoms with Crippen molar-refractivity contribution >= 4 is 15.7 Å². The van der Waals surface area contributed by atoms with Gasteiger partial charge in [0.1, 0.15) is 5.75 Å². The second kappa shape index (κ2) is 7.84. The number of ether oxygens (including phenoxy) is 1. The van der Waals surface area contributed by atoms with Gasteiger partial charge in [0, 0.05) is 24.3 Å². The molecule has 0 bridgehead atoms. The Labute approximate surface area is 169 Å². The first kappa shape index (κ1) is 19.4. The van der Waals surface area contributed by atoms with E-state index in [0.29, 0.717) is 37.8 Å². The van der Waals surface area contributed by atoms with Crippen LogP contribution in [0, 0.1) is 0 Å². The van der Waals surface area contributed by atoms with Crippen molar-refractivity contribution in [2.24, 2.45) is 0 Å². The molecule has 4 rings (SSSR count). The molecule has 0 amide bonds. The molecule has 0 radical (unpaired) electrons. The molecule has 3 aromatic rings. The van der Waals surface area contributed by atoms with Gasteiger partial charge in [-0.25, -0.2) is 8.42 Å². The van der Waals surface area contributed by atoms with Crippen molar-refractivity contribution in [3.8, 4) is 17.1 Å². The molecule has 0 fully saturated rings. The minimum absolute atomic E-state index is 0.384. The van der Waals surface area contributed by atoms with Gasteiger partial charge in [-0.1, -0.05) is 17.3 Å². The summed E-state index contributed by atoms with van der Waals surface area (Å²) in [5, 5.41) is 7.38. The summed E-state index contributed by atoms with van der Waals surface area (Å²) in [4.78, 5) is 4.44. The van der Waals surface area contributed by atoms with Crippen molar-refractivity contribution < 1.29 is 17.7 Å². The fraction of sp³-hybridized carbons (Fsp3) is 0.300. The average Bonchev–Trinajstić information content (AvgIpc) is 3.20. The summed E-state index contributed by atoms with van der Waals surface area (Å²) >= 11 is 0. The Morgan fingerprint density at radius 1 is 1.21 bits per heavy atom. The maximum atomic E-state index is 11.8. The molecule has 29 heavy (non-hydrogen) atoms. The number of sulfonamides is 1. The summed E-state index contributed by atoms with van der Waals surface area (Å²) in [6, 6.07) is 13.3. The lowest BCUT2D eigenvalue weighted by atomic mass is 9.99. The number of methoxy groups -OCH3 is 1. The Morgan fingerprint density at radius 2 is 2.00 bits per heavy atom. The van der Waals surface area contributed by atoms with E-state index in [1.54, 1.807) is 7.11 Å². The van der Waals surface area contributed by atoms with Gasteiger partial charge in [-0.15, -0.1) is 0 Å². The fourth-order valence-corrected chi connectivity index (χ4v) is 4.18. The number of rotatable bonds is 6. The Hall–Kier alpha value is -2.91. The molecule has 1 aromatic heterocycles. The fourth-order valence-electron chi connectivity index (χ4n) is 3.39. The number of fused-ring (bicyclic) bond motifs is 1. The van der Waals surface area contributed by atoms with Gasteiger partial charge in [-0.3, -0.25) is 0 Å². The highest BCUT2D eigenvalue weighted by molar-refractivity contribution is 7.88. The van der Waals surface area contributed by atoms with Crippen LogP contribution in [0.5, 0.6) is 5.75 Å². The van der Waals surface area contributed by atoms with Gasteiger partial charge in [0.05, 0.1) is 19.9 Å². The number of aromatic nitrogens is 2. The van der Waals surface area contributed by atoms with Gasteiger partial charge in [0.2, 0.25) is 21.7 Å². The molecule has 2 heterocycles. The number of benzene rings is 2. The van der Waals surface area contributed by atoms with Crippen molar-refractivity contribution in [2.45, 2.75) is 19.5 Å². The highest BCUT2D eigenvalue weighted by atomic mass is 32.2. The molecular formula is C20H22N4O4S. The largest absolute Gasteiger partial charge is 0.497 e. The lowest BCUT2D eigenvalue weighted by molar-refractivity contribution is 0.383. The van der Waals surface area contributed by atoms with Crippen LogP contribution in [0.25, 0.3) is 11.4 Å². The molecule has 8 nitrogen and oxygen atoms in total. The Bertz CT molecular complexity index is 1110. The van der Waals surface area contributed by atoms with Gasteiger partial charge < -0.3 is 14.6 Å². The van der Waals surface area contributed by atoms with Crippen LogP contribution < -0.4 is 10.1 Å². The summed E-state index contributed by atoms with van der Waals surface area (Å²) in [5.74, 6) is 1.76. The van der Waals surface area contributed by atoms with Gasteiger partial charge in [0.15, 0.2) is 0 Å². The van der Waals surface area contributed by atoms with Gasteiger partial charge in [-0.05, 0) is 47.9 Å². The second-order valence-electron chi connectivity index (χ2n) is 6.88. The number of nitrogens with one attached hydrogen (secondary N) is 1. The summed E-state index contributed by atoms with van der Waals surface area (Å²) in [7, 11) is -1.57. The maximum Gasteiger partial charge on any atom is 0.246 e. The van der Waals surface area contributed by atoms with E-state index in [4.69, 9.17) is 9.26 Å². The van der Waals surface area contributed by atoms with Crippen LogP contribution in [0.4, 0.5) is 5.69 Å². The van der Waals surface area contributed by atoms with Gasteiger partial charge in [-0.2, -0.15) is 9.29 Å². The topological polar surface area (TPSA) is 97.6 Å². The van der Waals surface area contributed by atoms with Crippen molar-refractivity contribution in [3.63, 3.8) is 0 Å². The van der Waals surface area contributed by atoms with E-state index in [1.165, 1.54) is 10.6 Å². The van der Waals surface area contributed by atoms with Crippen LogP contribution >= 0.6 is 0 Å². The van der Waals surface area contributed by atoms with E-state index in [2.05, 4.69) is 15.5 Å². The SMILES string of the molecule is COc1ccc(-c2noc(CNc3cccc4c3CCN(S(C)(=O)=O)C4)n2)cc1. The van der Waals surface area contributed by atoms with E-state index in [9.17, 15) is 8.42 Å². The summed E-state index contributed by atoms with van der Waals surface area (Å²) < 4.78 is 35.7. The monoisotopic (exact) mass is 414 g/mol. The Morgan fingerprint density at radius 3 is 2.72 bits per heavy atom. The van der Waals surface area contributed by atoms with E-state index >= 15 is 0 Å². The first-order valence-electron chi connectivity index (χ1n) is 9.21.